The smallest absolute Gasteiger partial charge is 0.269 e. The lowest BCUT2D eigenvalue weighted by atomic mass is 10.0. The van der Waals surface area contributed by atoms with Crippen LogP contribution in [0.15, 0.2) is 194 Å². The number of anilines is 2. The van der Waals surface area contributed by atoms with Gasteiger partial charge in [-0.1, -0.05) is 158 Å². The van der Waals surface area contributed by atoms with E-state index in [1.807, 2.05) is 146 Å². The third kappa shape index (κ3) is 5.23. The van der Waals surface area contributed by atoms with Crippen LogP contribution in [0.3, 0.4) is 0 Å². The topological polar surface area (TPSA) is 36.4 Å². The van der Waals surface area contributed by atoms with E-state index >= 15 is 4.57 Å². The fraction of sp³-hybridized carbons (Fsp3) is 0. The molecule has 1 aliphatic heterocycles. The van der Waals surface area contributed by atoms with Crippen molar-refractivity contribution >= 4 is 35.5 Å². The highest BCUT2D eigenvalue weighted by Crippen LogP contribution is 2.68. The molecule has 2 heterocycles. The largest absolute Gasteiger partial charge is 0.301 e. The van der Waals surface area contributed by atoms with Gasteiger partial charge in [0.25, 0.3) is 0 Å². The molecular formula is C43H32N3OP. The zero-order valence-corrected chi connectivity index (χ0v) is 27.1. The lowest BCUT2D eigenvalue weighted by Crippen LogP contribution is -2.29. The molecule has 0 N–H and O–H groups in total. The van der Waals surface area contributed by atoms with Gasteiger partial charge in [0, 0.05) is 33.6 Å². The standard InChI is InChI=1S/C43H32N3OP/c47-48(39-31-40(33-19-7-1-8-20-33)44-41(32-39)34-21-9-2-10-22-34)45(37-27-15-5-16-28-37)42(35-23-11-3-12-24-35)43(36-25-13-4-14-26-36)46(48)38-29-17-6-18-30-38/h1-32H. The minimum Gasteiger partial charge on any atom is -0.269 e. The maximum Gasteiger partial charge on any atom is 0.301 e. The second-order valence-corrected chi connectivity index (χ2v) is 14.0. The molecular weight excluding hydrogens is 605 g/mol. The molecule has 7 aromatic rings. The Labute approximate surface area is 281 Å². The van der Waals surface area contributed by atoms with Gasteiger partial charge in [0.2, 0.25) is 0 Å². The van der Waals surface area contributed by atoms with Gasteiger partial charge in [-0.3, -0.25) is 13.9 Å². The average Bonchev–Trinajstić information content (AvgIpc) is 3.46. The molecule has 1 aromatic heterocycles. The van der Waals surface area contributed by atoms with Crippen LogP contribution >= 0.6 is 7.44 Å². The second-order valence-electron chi connectivity index (χ2n) is 11.6. The number of nitrogens with zero attached hydrogens (tertiary/aromatic N) is 3. The quantitative estimate of drug-likeness (QED) is 0.163. The maximum absolute atomic E-state index is 17.0. The Bertz CT molecular complexity index is 2090. The third-order valence-electron chi connectivity index (χ3n) is 8.57. The summed E-state index contributed by atoms with van der Waals surface area (Å²) in [6.07, 6.45) is 0. The van der Waals surface area contributed by atoms with E-state index in [0.29, 0.717) is 5.30 Å². The summed E-state index contributed by atoms with van der Waals surface area (Å²) in [6.45, 7) is 0. The minimum absolute atomic E-state index is 0.683. The van der Waals surface area contributed by atoms with Crippen LogP contribution in [0, 0.1) is 0 Å². The molecule has 8 rings (SSSR count). The molecule has 0 radical (unpaired) electrons. The molecule has 0 aliphatic carbocycles. The van der Waals surface area contributed by atoms with Crippen molar-refractivity contribution in [3.05, 3.63) is 205 Å². The van der Waals surface area contributed by atoms with Crippen LogP contribution in [0.25, 0.3) is 33.9 Å². The monoisotopic (exact) mass is 637 g/mol. The van der Waals surface area contributed by atoms with Crippen LogP contribution in [0.2, 0.25) is 0 Å². The maximum atomic E-state index is 17.0. The molecule has 0 spiro atoms. The van der Waals surface area contributed by atoms with E-state index in [-0.39, 0.29) is 0 Å². The Morgan fingerprint density at radius 2 is 0.667 bits per heavy atom. The van der Waals surface area contributed by atoms with Gasteiger partial charge in [-0.2, -0.15) is 0 Å². The van der Waals surface area contributed by atoms with Crippen LogP contribution in [0.5, 0.6) is 0 Å². The van der Waals surface area contributed by atoms with Crippen molar-refractivity contribution in [3.63, 3.8) is 0 Å². The van der Waals surface area contributed by atoms with E-state index in [2.05, 4.69) is 57.9 Å². The summed E-state index contributed by atoms with van der Waals surface area (Å²) in [4.78, 5) is 5.15. The lowest BCUT2D eigenvalue weighted by Gasteiger charge is -2.35. The number of para-hydroxylation sites is 2. The van der Waals surface area contributed by atoms with E-state index < -0.39 is 7.44 Å². The number of hydrogen-bond acceptors (Lipinski definition) is 2. The normalized spacial score (nSPS) is 13.9. The van der Waals surface area contributed by atoms with Crippen LogP contribution in [0.1, 0.15) is 11.1 Å². The first-order valence-electron chi connectivity index (χ1n) is 16.0. The van der Waals surface area contributed by atoms with Gasteiger partial charge in [-0.25, -0.2) is 4.98 Å². The fourth-order valence-corrected chi connectivity index (χ4v) is 9.49. The van der Waals surface area contributed by atoms with Crippen molar-refractivity contribution in [2.45, 2.75) is 0 Å². The van der Waals surface area contributed by atoms with Gasteiger partial charge in [0.15, 0.2) is 0 Å². The average molecular weight is 638 g/mol. The molecule has 0 saturated carbocycles. The highest BCUT2D eigenvalue weighted by Gasteiger charge is 2.51. The van der Waals surface area contributed by atoms with Crippen molar-refractivity contribution in [2.24, 2.45) is 0 Å². The van der Waals surface area contributed by atoms with Gasteiger partial charge in [0.1, 0.15) is 0 Å². The van der Waals surface area contributed by atoms with Crippen molar-refractivity contribution in [3.8, 4) is 22.5 Å². The van der Waals surface area contributed by atoms with E-state index in [1.165, 1.54) is 0 Å². The van der Waals surface area contributed by atoms with Crippen molar-refractivity contribution < 1.29 is 4.57 Å². The Balaban J connectivity index is 1.51. The van der Waals surface area contributed by atoms with Gasteiger partial charge in [0.05, 0.1) is 28.1 Å². The summed E-state index contributed by atoms with van der Waals surface area (Å²) >= 11 is 0. The zero-order valence-electron chi connectivity index (χ0n) is 26.2. The number of benzene rings is 6. The Kier molecular flexibility index (Phi) is 7.78. The first kappa shape index (κ1) is 29.4. The summed E-state index contributed by atoms with van der Waals surface area (Å²) in [7, 11) is -3.77. The summed E-state index contributed by atoms with van der Waals surface area (Å²) in [5.41, 5.74) is 8.81. The van der Waals surface area contributed by atoms with Gasteiger partial charge >= 0.3 is 7.44 Å². The molecule has 0 fully saturated rings. The summed E-state index contributed by atoms with van der Waals surface area (Å²) < 4.78 is 21.2. The molecule has 6 aromatic carbocycles. The van der Waals surface area contributed by atoms with E-state index in [1.54, 1.807) is 0 Å². The highest BCUT2D eigenvalue weighted by molar-refractivity contribution is 7.76. The number of hydrogen-bond donors (Lipinski definition) is 0. The van der Waals surface area contributed by atoms with Crippen molar-refractivity contribution in [1.29, 1.82) is 0 Å². The van der Waals surface area contributed by atoms with Gasteiger partial charge < -0.3 is 0 Å². The molecule has 5 heteroatoms. The van der Waals surface area contributed by atoms with Crippen LogP contribution in [-0.2, 0) is 4.57 Å². The summed E-state index contributed by atoms with van der Waals surface area (Å²) in [5, 5.41) is 0.683. The van der Waals surface area contributed by atoms with Crippen molar-refractivity contribution in [1.82, 2.24) is 4.98 Å². The zero-order chi connectivity index (χ0) is 32.3. The first-order chi connectivity index (χ1) is 23.7. The van der Waals surface area contributed by atoms with E-state index in [9.17, 15) is 0 Å². The first-order valence-corrected chi connectivity index (χ1v) is 17.6. The van der Waals surface area contributed by atoms with Crippen LogP contribution in [-0.4, -0.2) is 4.98 Å². The van der Waals surface area contributed by atoms with E-state index in [0.717, 1.165) is 56.4 Å². The Hall–Kier alpha value is -5.96. The Morgan fingerprint density at radius 3 is 1.00 bits per heavy atom. The predicted octanol–water partition coefficient (Wildman–Crippen LogP) is 10.8. The number of pyridine rings is 1. The molecule has 230 valence electrons. The molecule has 0 amide bonds. The van der Waals surface area contributed by atoms with Crippen LogP contribution < -0.4 is 14.6 Å². The van der Waals surface area contributed by atoms with E-state index in [4.69, 9.17) is 4.98 Å². The second kappa shape index (κ2) is 12.7. The molecule has 0 bridgehead atoms. The SMILES string of the molecule is O=P1(c2cc(-c3ccccc3)nc(-c3ccccc3)c2)N(c2ccccc2)C(c2ccccc2)=C(c2ccccc2)N1c1ccccc1. The molecule has 1 aliphatic rings. The molecule has 0 saturated heterocycles. The van der Waals surface area contributed by atoms with Gasteiger partial charge in [-0.15, -0.1) is 0 Å². The summed E-state index contributed by atoms with van der Waals surface area (Å²) in [5.74, 6) is 0. The lowest BCUT2D eigenvalue weighted by molar-refractivity contribution is 0.582. The van der Waals surface area contributed by atoms with Crippen molar-refractivity contribution in [2.75, 3.05) is 9.34 Å². The van der Waals surface area contributed by atoms with Gasteiger partial charge in [-0.05, 0) is 36.4 Å². The highest BCUT2D eigenvalue weighted by atomic mass is 31.2. The molecule has 48 heavy (non-hydrogen) atoms. The minimum atomic E-state index is -3.77. The molecule has 0 unspecified atom stereocenters. The molecule has 4 nitrogen and oxygen atoms in total. The number of aromatic nitrogens is 1. The fourth-order valence-electron chi connectivity index (χ4n) is 6.41. The Morgan fingerprint density at radius 1 is 0.375 bits per heavy atom. The summed E-state index contributed by atoms with van der Waals surface area (Å²) in [6, 6.07) is 65.1. The number of rotatable bonds is 7. The predicted molar refractivity (Wildman–Crippen MR) is 200 cm³/mol. The third-order valence-corrected chi connectivity index (χ3v) is 11.4. The molecule has 0 atom stereocenters. The van der Waals surface area contributed by atoms with Crippen LogP contribution in [0.4, 0.5) is 11.4 Å².